The zero-order valence-corrected chi connectivity index (χ0v) is 13.2. The van der Waals surface area contributed by atoms with Crippen molar-refractivity contribution in [1.29, 1.82) is 0 Å². The molecule has 1 atom stereocenters. The van der Waals surface area contributed by atoms with Crippen molar-refractivity contribution in [2.45, 2.75) is 13.0 Å². The van der Waals surface area contributed by atoms with E-state index in [4.69, 9.17) is 9.26 Å². The molecule has 6 nitrogen and oxygen atoms in total. The maximum absolute atomic E-state index is 12.4. The van der Waals surface area contributed by atoms with Gasteiger partial charge in [0.1, 0.15) is 5.76 Å². The van der Waals surface area contributed by atoms with Crippen LogP contribution in [0.1, 0.15) is 27.9 Å². The van der Waals surface area contributed by atoms with Gasteiger partial charge in [-0.15, -0.1) is 0 Å². The van der Waals surface area contributed by atoms with Gasteiger partial charge in [0.15, 0.2) is 5.69 Å². The Hall–Kier alpha value is -2.18. The van der Waals surface area contributed by atoms with Crippen LogP contribution in [0.15, 0.2) is 40.9 Å². The van der Waals surface area contributed by atoms with Crippen molar-refractivity contribution in [3.05, 3.63) is 53.4 Å². The molecule has 2 heterocycles. The lowest BCUT2D eigenvalue weighted by Gasteiger charge is -2.31. The van der Waals surface area contributed by atoms with Crippen molar-refractivity contribution in [2.75, 3.05) is 32.8 Å². The number of hydrogen-bond donors (Lipinski definition) is 1. The average molecular weight is 315 g/mol. The first kappa shape index (κ1) is 15.7. The number of carbonyl (C=O) groups is 1. The molecule has 1 amide bonds. The Kier molecular flexibility index (Phi) is 5.05. The first-order valence-corrected chi connectivity index (χ1v) is 7.81. The summed E-state index contributed by atoms with van der Waals surface area (Å²) in [6.07, 6.45) is 0. The van der Waals surface area contributed by atoms with Gasteiger partial charge in [-0.25, -0.2) is 0 Å². The normalized spacial score (nSPS) is 16.9. The molecule has 3 rings (SSSR count). The molecule has 23 heavy (non-hydrogen) atoms. The van der Waals surface area contributed by atoms with Crippen molar-refractivity contribution < 1.29 is 14.1 Å². The molecule has 1 N–H and O–H groups in total. The second-order valence-corrected chi connectivity index (χ2v) is 5.67. The molecule has 1 fully saturated rings. The summed E-state index contributed by atoms with van der Waals surface area (Å²) in [6.45, 7) is 5.74. The Morgan fingerprint density at radius 3 is 2.70 bits per heavy atom. The molecule has 1 aliphatic heterocycles. The predicted octanol–water partition coefficient (Wildman–Crippen LogP) is 1.79. The van der Waals surface area contributed by atoms with E-state index in [1.54, 1.807) is 13.0 Å². The van der Waals surface area contributed by atoms with Gasteiger partial charge >= 0.3 is 0 Å². The van der Waals surface area contributed by atoms with E-state index in [-0.39, 0.29) is 11.9 Å². The SMILES string of the molecule is Cc1cc(C(=O)NC(CN2CCOCC2)c2ccccc2)no1. The van der Waals surface area contributed by atoms with Gasteiger partial charge in [0.05, 0.1) is 19.3 Å². The van der Waals surface area contributed by atoms with Crippen LogP contribution in [0.4, 0.5) is 0 Å². The number of aromatic nitrogens is 1. The molecule has 122 valence electrons. The number of rotatable bonds is 5. The number of benzene rings is 1. The van der Waals surface area contributed by atoms with Crippen LogP contribution in [-0.2, 0) is 4.74 Å². The molecule has 1 aromatic carbocycles. The maximum atomic E-state index is 12.4. The quantitative estimate of drug-likeness (QED) is 0.911. The van der Waals surface area contributed by atoms with Crippen molar-refractivity contribution >= 4 is 5.91 Å². The zero-order chi connectivity index (χ0) is 16.1. The monoisotopic (exact) mass is 315 g/mol. The van der Waals surface area contributed by atoms with E-state index in [1.165, 1.54) is 0 Å². The van der Waals surface area contributed by atoms with Gasteiger partial charge in [-0.2, -0.15) is 0 Å². The van der Waals surface area contributed by atoms with Crippen LogP contribution >= 0.6 is 0 Å². The molecule has 0 bridgehead atoms. The fourth-order valence-electron chi connectivity index (χ4n) is 2.67. The number of carbonyl (C=O) groups excluding carboxylic acids is 1. The first-order valence-electron chi connectivity index (χ1n) is 7.81. The number of nitrogens with one attached hydrogen (secondary N) is 1. The highest BCUT2D eigenvalue weighted by molar-refractivity contribution is 5.92. The van der Waals surface area contributed by atoms with Crippen LogP contribution in [0.5, 0.6) is 0 Å². The summed E-state index contributed by atoms with van der Waals surface area (Å²) in [5.41, 5.74) is 1.39. The lowest BCUT2D eigenvalue weighted by Crippen LogP contribution is -2.43. The first-order chi connectivity index (χ1) is 11.2. The second-order valence-electron chi connectivity index (χ2n) is 5.67. The minimum Gasteiger partial charge on any atom is -0.379 e. The van der Waals surface area contributed by atoms with Gasteiger partial charge in [-0.05, 0) is 12.5 Å². The number of ether oxygens (including phenoxy) is 1. The highest BCUT2D eigenvalue weighted by atomic mass is 16.5. The molecule has 0 spiro atoms. The molecular weight excluding hydrogens is 294 g/mol. The Labute approximate surface area is 135 Å². The van der Waals surface area contributed by atoms with Gasteiger partial charge in [-0.1, -0.05) is 35.5 Å². The van der Waals surface area contributed by atoms with Crippen LogP contribution in [0.25, 0.3) is 0 Å². The number of nitrogens with zero attached hydrogens (tertiary/aromatic N) is 2. The number of hydrogen-bond acceptors (Lipinski definition) is 5. The predicted molar refractivity (Wildman–Crippen MR) is 85.1 cm³/mol. The van der Waals surface area contributed by atoms with Gasteiger partial charge in [0.2, 0.25) is 0 Å². The highest BCUT2D eigenvalue weighted by Crippen LogP contribution is 2.16. The van der Waals surface area contributed by atoms with Crippen LogP contribution in [0.2, 0.25) is 0 Å². The third kappa shape index (κ3) is 4.18. The molecule has 1 unspecified atom stereocenters. The highest BCUT2D eigenvalue weighted by Gasteiger charge is 2.21. The molecule has 2 aromatic rings. The lowest BCUT2D eigenvalue weighted by atomic mass is 10.1. The van der Waals surface area contributed by atoms with E-state index in [0.29, 0.717) is 11.5 Å². The number of amides is 1. The standard InChI is InChI=1S/C17H21N3O3/c1-13-11-15(19-23-13)17(21)18-16(14-5-3-2-4-6-14)12-20-7-9-22-10-8-20/h2-6,11,16H,7-10,12H2,1H3,(H,18,21). The molecule has 0 aliphatic carbocycles. The van der Waals surface area contributed by atoms with Crippen LogP contribution in [0, 0.1) is 6.92 Å². The number of aryl methyl sites for hydroxylation is 1. The third-order valence-electron chi connectivity index (χ3n) is 3.91. The van der Waals surface area contributed by atoms with Gasteiger partial charge < -0.3 is 14.6 Å². The van der Waals surface area contributed by atoms with Crippen molar-refractivity contribution in [3.8, 4) is 0 Å². The number of morpholine rings is 1. The van der Waals surface area contributed by atoms with Crippen molar-refractivity contribution in [3.63, 3.8) is 0 Å². The third-order valence-corrected chi connectivity index (χ3v) is 3.91. The summed E-state index contributed by atoms with van der Waals surface area (Å²) >= 11 is 0. The van der Waals surface area contributed by atoms with Crippen LogP contribution < -0.4 is 5.32 Å². The molecule has 0 radical (unpaired) electrons. The molecule has 6 heteroatoms. The van der Waals surface area contributed by atoms with Crippen molar-refractivity contribution in [1.82, 2.24) is 15.4 Å². The maximum Gasteiger partial charge on any atom is 0.274 e. The molecule has 1 saturated heterocycles. The Morgan fingerprint density at radius 1 is 1.30 bits per heavy atom. The van der Waals surface area contributed by atoms with E-state index in [0.717, 1.165) is 38.4 Å². The summed E-state index contributed by atoms with van der Waals surface area (Å²) in [6, 6.07) is 11.5. The van der Waals surface area contributed by atoms with E-state index < -0.39 is 0 Å². The fraction of sp³-hybridized carbons (Fsp3) is 0.412. The van der Waals surface area contributed by atoms with Crippen molar-refractivity contribution in [2.24, 2.45) is 0 Å². The second kappa shape index (κ2) is 7.39. The lowest BCUT2D eigenvalue weighted by molar-refractivity contribution is 0.0332. The van der Waals surface area contributed by atoms with E-state index in [1.807, 2.05) is 30.3 Å². The molecular formula is C17H21N3O3. The zero-order valence-electron chi connectivity index (χ0n) is 13.2. The minimum absolute atomic E-state index is 0.0983. The topological polar surface area (TPSA) is 67.6 Å². The summed E-state index contributed by atoms with van der Waals surface area (Å²) in [5, 5.41) is 6.85. The Balaban J connectivity index is 1.73. The largest absolute Gasteiger partial charge is 0.379 e. The van der Waals surface area contributed by atoms with E-state index in [2.05, 4.69) is 15.4 Å². The van der Waals surface area contributed by atoms with E-state index >= 15 is 0 Å². The van der Waals surface area contributed by atoms with Gasteiger partial charge in [-0.3, -0.25) is 9.69 Å². The Morgan fingerprint density at radius 2 is 2.04 bits per heavy atom. The summed E-state index contributed by atoms with van der Waals surface area (Å²) in [4.78, 5) is 14.7. The summed E-state index contributed by atoms with van der Waals surface area (Å²) in [5.74, 6) is 0.406. The van der Waals surface area contributed by atoms with Crippen LogP contribution in [0.3, 0.4) is 0 Å². The molecule has 1 aromatic heterocycles. The van der Waals surface area contributed by atoms with E-state index in [9.17, 15) is 4.79 Å². The smallest absolute Gasteiger partial charge is 0.274 e. The fourth-order valence-corrected chi connectivity index (χ4v) is 2.67. The Bertz CT molecular complexity index is 636. The summed E-state index contributed by atoms with van der Waals surface area (Å²) in [7, 11) is 0. The minimum atomic E-state index is -0.219. The summed E-state index contributed by atoms with van der Waals surface area (Å²) < 4.78 is 10.4. The average Bonchev–Trinajstić information content (AvgIpc) is 3.03. The molecule has 1 aliphatic rings. The van der Waals surface area contributed by atoms with Crippen LogP contribution in [-0.4, -0.2) is 48.8 Å². The van der Waals surface area contributed by atoms with Gasteiger partial charge in [0.25, 0.3) is 5.91 Å². The molecule has 0 saturated carbocycles. The van der Waals surface area contributed by atoms with Gasteiger partial charge in [0, 0.05) is 25.7 Å².